The van der Waals surface area contributed by atoms with Gasteiger partial charge < -0.3 is 25.4 Å². The molecule has 1 amide bonds. The second-order valence-corrected chi connectivity index (χ2v) is 9.13. The van der Waals surface area contributed by atoms with E-state index in [4.69, 9.17) is 20.6 Å². The maximum Gasteiger partial charge on any atom is 0.254 e. The Kier molecular flexibility index (Phi) is 9.52. The molecule has 0 spiro atoms. The van der Waals surface area contributed by atoms with Gasteiger partial charge in [-0.3, -0.25) is 10.2 Å². The molecule has 1 atom stereocenters. The first-order valence-corrected chi connectivity index (χ1v) is 11.0. The summed E-state index contributed by atoms with van der Waals surface area (Å²) in [6.07, 6.45) is -1.49. The monoisotopic (exact) mass is 476 g/mol. The number of carbonyl (C=O) groups excluding carboxylic acids is 1. The van der Waals surface area contributed by atoms with Gasteiger partial charge in [-0.2, -0.15) is 0 Å². The van der Waals surface area contributed by atoms with Crippen LogP contribution in [0.3, 0.4) is 0 Å². The Balaban J connectivity index is 2.20. The van der Waals surface area contributed by atoms with Crippen LogP contribution >= 0.6 is 0 Å². The van der Waals surface area contributed by atoms with Gasteiger partial charge in [0, 0.05) is 30.7 Å². The zero-order valence-corrected chi connectivity index (χ0v) is 20.4. The van der Waals surface area contributed by atoms with Crippen molar-refractivity contribution in [1.82, 2.24) is 10.2 Å². The first-order chi connectivity index (χ1) is 15.9. The predicted molar refractivity (Wildman–Crippen MR) is 128 cm³/mol. The van der Waals surface area contributed by atoms with E-state index in [2.05, 4.69) is 5.32 Å². The maximum atomic E-state index is 15.3. The van der Waals surface area contributed by atoms with Crippen molar-refractivity contribution in [2.45, 2.75) is 33.4 Å². The predicted octanol–water partition coefficient (Wildman–Crippen LogP) is 3.61. The molecule has 0 aromatic heterocycles. The van der Waals surface area contributed by atoms with Crippen molar-refractivity contribution >= 4 is 11.7 Å². The van der Waals surface area contributed by atoms with E-state index < -0.39 is 29.2 Å². The van der Waals surface area contributed by atoms with Crippen LogP contribution in [-0.4, -0.2) is 50.5 Å². The Bertz CT molecular complexity index is 994. The van der Waals surface area contributed by atoms with Crippen LogP contribution in [0.15, 0.2) is 36.4 Å². The third kappa shape index (κ3) is 7.50. The third-order valence-corrected chi connectivity index (χ3v) is 5.02. The molecule has 0 heterocycles. The average Bonchev–Trinajstić information content (AvgIpc) is 2.75. The van der Waals surface area contributed by atoms with Crippen LogP contribution in [0.25, 0.3) is 0 Å². The lowest BCUT2D eigenvalue weighted by Gasteiger charge is -2.28. The van der Waals surface area contributed by atoms with E-state index in [9.17, 15) is 9.18 Å². The van der Waals surface area contributed by atoms with Gasteiger partial charge in [0.2, 0.25) is 0 Å². The van der Waals surface area contributed by atoms with Crippen molar-refractivity contribution in [2.75, 3.05) is 33.9 Å². The molecule has 0 aliphatic rings. The maximum absolute atomic E-state index is 15.3. The highest BCUT2D eigenvalue weighted by molar-refractivity contribution is 5.94. The molecular weight excluding hydrogens is 442 g/mol. The SMILES string of the molecule is CCO[C@H](C(=O)NCc1ccc(C(=N)N)cc1)c1c(F)ccc(OCC(C)(C)CN(C)C)c1F. The Hall–Kier alpha value is -3.04. The lowest BCUT2D eigenvalue weighted by Crippen LogP contribution is -2.34. The Labute approximate surface area is 199 Å². The van der Waals surface area contributed by atoms with Crippen molar-refractivity contribution in [3.63, 3.8) is 0 Å². The molecule has 0 bridgehead atoms. The van der Waals surface area contributed by atoms with E-state index in [0.29, 0.717) is 12.1 Å². The number of halogens is 2. The largest absolute Gasteiger partial charge is 0.490 e. The molecular formula is C25H34F2N4O3. The number of hydrogen-bond acceptors (Lipinski definition) is 5. The number of nitrogens with one attached hydrogen (secondary N) is 2. The molecule has 0 radical (unpaired) electrons. The van der Waals surface area contributed by atoms with Crippen molar-refractivity contribution in [3.05, 3.63) is 64.7 Å². The highest BCUT2D eigenvalue weighted by Crippen LogP contribution is 2.31. The van der Waals surface area contributed by atoms with Crippen molar-refractivity contribution in [1.29, 1.82) is 5.41 Å². The molecule has 0 saturated carbocycles. The van der Waals surface area contributed by atoms with Gasteiger partial charge in [0.25, 0.3) is 5.91 Å². The van der Waals surface area contributed by atoms with E-state index in [0.717, 1.165) is 11.6 Å². The number of ether oxygens (including phenoxy) is 2. The minimum atomic E-state index is -1.49. The lowest BCUT2D eigenvalue weighted by molar-refractivity contribution is -0.133. The first kappa shape index (κ1) is 27.2. The van der Waals surface area contributed by atoms with Crippen LogP contribution in [0.5, 0.6) is 5.75 Å². The Morgan fingerprint density at radius 3 is 2.38 bits per heavy atom. The van der Waals surface area contributed by atoms with E-state index >= 15 is 4.39 Å². The second kappa shape index (κ2) is 11.9. The van der Waals surface area contributed by atoms with Gasteiger partial charge in [-0.25, -0.2) is 8.78 Å². The van der Waals surface area contributed by atoms with Gasteiger partial charge in [-0.1, -0.05) is 38.1 Å². The molecule has 0 aliphatic heterocycles. The molecule has 34 heavy (non-hydrogen) atoms. The van der Waals surface area contributed by atoms with Gasteiger partial charge >= 0.3 is 0 Å². The van der Waals surface area contributed by atoms with Gasteiger partial charge in [0.1, 0.15) is 11.7 Å². The molecule has 4 N–H and O–H groups in total. The molecule has 9 heteroatoms. The fourth-order valence-electron chi connectivity index (χ4n) is 3.62. The van der Waals surface area contributed by atoms with Crippen LogP contribution in [0.2, 0.25) is 0 Å². The fraction of sp³-hybridized carbons (Fsp3) is 0.440. The zero-order valence-electron chi connectivity index (χ0n) is 20.4. The summed E-state index contributed by atoms with van der Waals surface area (Å²) in [5.74, 6) is -2.73. The van der Waals surface area contributed by atoms with E-state index in [-0.39, 0.29) is 36.8 Å². The second-order valence-electron chi connectivity index (χ2n) is 9.13. The van der Waals surface area contributed by atoms with Crippen LogP contribution < -0.4 is 15.8 Å². The molecule has 2 rings (SSSR count). The number of amides is 1. The van der Waals surface area contributed by atoms with Crippen LogP contribution in [0.1, 0.15) is 43.6 Å². The third-order valence-electron chi connectivity index (χ3n) is 5.02. The number of nitrogens with zero attached hydrogens (tertiary/aromatic N) is 1. The molecule has 0 unspecified atom stereocenters. The molecule has 7 nitrogen and oxygen atoms in total. The smallest absolute Gasteiger partial charge is 0.254 e. The van der Waals surface area contributed by atoms with E-state index in [1.807, 2.05) is 32.8 Å². The van der Waals surface area contributed by atoms with Crippen molar-refractivity contribution < 1.29 is 23.0 Å². The van der Waals surface area contributed by atoms with Gasteiger partial charge in [-0.15, -0.1) is 0 Å². The number of hydrogen-bond donors (Lipinski definition) is 3. The van der Waals surface area contributed by atoms with Crippen LogP contribution in [0, 0.1) is 22.5 Å². The number of carbonyl (C=O) groups is 1. The topological polar surface area (TPSA) is 101 Å². The Morgan fingerprint density at radius 2 is 1.82 bits per heavy atom. The van der Waals surface area contributed by atoms with Crippen LogP contribution in [-0.2, 0) is 16.1 Å². The summed E-state index contributed by atoms with van der Waals surface area (Å²) < 4.78 is 41.1. The molecule has 0 fully saturated rings. The summed E-state index contributed by atoms with van der Waals surface area (Å²) in [7, 11) is 3.86. The molecule has 0 saturated heterocycles. The zero-order chi connectivity index (χ0) is 25.5. The first-order valence-electron chi connectivity index (χ1n) is 11.0. The fourth-order valence-corrected chi connectivity index (χ4v) is 3.62. The normalized spacial score (nSPS) is 12.5. The quantitative estimate of drug-likeness (QED) is 0.321. The number of benzene rings is 2. The number of rotatable bonds is 12. The minimum absolute atomic E-state index is 0.0647. The van der Waals surface area contributed by atoms with Gasteiger partial charge in [0.15, 0.2) is 17.7 Å². The number of nitrogen functional groups attached to an aromatic ring is 1. The van der Waals surface area contributed by atoms with Crippen molar-refractivity contribution in [2.24, 2.45) is 11.1 Å². The highest BCUT2D eigenvalue weighted by Gasteiger charge is 2.30. The summed E-state index contributed by atoms with van der Waals surface area (Å²) in [4.78, 5) is 14.9. The highest BCUT2D eigenvalue weighted by atomic mass is 19.1. The van der Waals surface area contributed by atoms with E-state index in [1.165, 1.54) is 6.07 Å². The summed E-state index contributed by atoms with van der Waals surface area (Å²) >= 11 is 0. The summed E-state index contributed by atoms with van der Waals surface area (Å²) in [5.41, 5.74) is 5.96. The minimum Gasteiger partial charge on any atom is -0.490 e. The Morgan fingerprint density at radius 1 is 1.18 bits per heavy atom. The van der Waals surface area contributed by atoms with Crippen LogP contribution in [0.4, 0.5) is 8.78 Å². The lowest BCUT2D eigenvalue weighted by atomic mass is 9.94. The number of nitrogens with two attached hydrogens (primary N) is 1. The average molecular weight is 477 g/mol. The van der Waals surface area contributed by atoms with Crippen molar-refractivity contribution in [3.8, 4) is 5.75 Å². The molecule has 0 aliphatic carbocycles. The standard InChI is InChI=1S/C25H34F2N4O3/c1-6-33-22(24(32)30-13-16-7-9-17(10-8-16)23(28)29)20-18(26)11-12-19(21(20)27)34-15-25(2,3)14-31(4)5/h7-12,22H,6,13-15H2,1-5H3,(H3,28,29)(H,30,32)/t22-/m0/s1. The van der Waals surface area contributed by atoms with Gasteiger partial charge in [-0.05, 0) is 38.7 Å². The molecule has 186 valence electrons. The van der Waals surface area contributed by atoms with Gasteiger partial charge in [0.05, 0.1) is 12.2 Å². The van der Waals surface area contributed by atoms with E-state index in [1.54, 1.807) is 31.2 Å². The number of amidine groups is 1. The summed E-state index contributed by atoms with van der Waals surface area (Å²) in [6.45, 7) is 6.70. The molecule has 2 aromatic rings. The summed E-state index contributed by atoms with van der Waals surface area (Å²) in [5, 5.41) is 10.1. The summed E-state index contributed by atoms with van der Waals surface area (Å²) in [6, 6.07) is 9.02. The molecule has 2 aromatic carbocycles.